The first kappa shape index (κ1) is 12.8. The SMILES string of the molecule is NCc1cc(C(F)(F)F)c(F)c(C(F)F)n1. The van der Waals surface area contributed by atoms with Crippen LogP contribution in [0.3, 0.4) is 0 Å². The number of alkyl halides is 5. The van der Waals surface area contributed by atoms with Gasteiger partial charge in [-0.25, -0.2) is 18.2 Å². The minimum Gasteiger partial charge on any atom is -0.325 e. The summed E-state index contributed by atoms with van der Waals surface area (Å²) in [6, 6.07) is 0.321. The molecule has 1 aromatic heterocycles. The highest BCUT2D eigenvalue weighted by molar-refractivity contribution is 5.27. The molecule has 0 saturated heterocycles. The molecular formula is C8H6F6N2. The van der Waals surface area contributed by atoms with Gasteiger partial charge in [-0.2, -0.15) is 13.2 Å². The van der Waals surface area contributed by atoms with Gasteiger partial charge in [0, 0.05) is 6.54 Å². The fourth-order valence-corrected chi connectivity index (χ4v) is 1.06. The Kier molecular flexibility index (Phi) is 3.41. The minimum atomic E-state index is -5.05. The smallest absolute Gasteiger partial charge is 0.325 e. The van der Waals surface area contributed by atoms with E-state index in [1.165, 1.54) is 0 Å². The van der Waals surface area contributed by atoms with Crippen LogP contribution in [0.15, 0.2) is 6.07 Å². The lowest BCUT2D eigenvalue weighted by molar-refractivity contribution is -0.140. The van der Waals surface area contributed by atoms with Crippen molar-refractivity contribution in [2.45, 2.75) is 19.1 Å². The van der Waals surface area contributed by atoms with Crippen molar-refractivity contribution in [1.82, 2.24) is 4.98 Å². The van der Waals surface area contributed by atoms with Crippen LogP contribution >= 0.6 is 0 Å². The number of halogens is 6. The van der Waals surface area contributed by atoms with Gasteiger partial charge in [-0.1, -0.05) is 0 Å². The van der Waals surface area contributed by atoms with E-state index in [2.05, 4.69) is 4.98 Å². The maximum atomic E-state index is 13.0. The van der Waals surface area contributed by atoms with E-state index in [9.17, 15) is 26.3 Å². The molecule has 0 aromatic carbocycles. The van der Waals surface area contributed by atoms with Crippen LogP contribution in [0.25, 0.3) is 0 Å². The third-order valence-electron chi connectivity index (χ3n) is 1.76. The quantitative estimate of drug-likeness (QED) is 0.812. The fourth-order valence-electron chi connectivity index (χ4n) is 1.06. The van der Waals surface area contributed by atoms with Crippen LogP contribution in [-0.2, 0) is 12.7 Å². The molecule has 0 saturated carbocycles. The second kappa shape index (κ2) is 4.28. The maximum absolute atomic E-state index is 13.0. The molecule has 0 amide bonds. The molecule has 1 heterocycles. The van der Waals surface area contributed by atoms with E-state index in [-0.39, 0.29) is 0 Å². The summed E-state index contributed by atoms with van der Waals surface area (Å²) < 4.78 is 74.2. The molecule has 0 radical (unpaired) electrons. The largest absolute Gasteiger partial charge is 0.419 e. The monoisotopic (exact) mass is 244 g/mol. The molecule has 0 aliphatic rings. The molecule has 0 aliphatic heterocycles. The first-order valence-corrected chi connectivity index (χ1v) is 4.02. The number of nitrogens with two attached hydrogens (primary N) is 1. The highest BCUT2D eigenvalue weighted by Crippen LogP contribution is 2.34. The maximum Gasteiger partial charge on any atom is 0.419 e. The molecule has 1 aromatic rings. The van der Waals surface area contributed by atoms with Crippen LogP contribution in [0.4, 0.5) is 26.3 Å². The predicted octanol–water partition coefficient (Wildman–Crippen LogP) is 2.64. The van der Waals surface area contributed by atoms with Gasteiger partial charge in [0.25, 0.3) is 6.43 Å². The molecule has 8 heteroatoms. The first-order chi connectivity index (χ1) is 7.27. The fraction of sp³-hybridized carbons (Fsp3) is 0.375. The number of aromatic nitrogens is 1. The molecule has 16 heavy (non-hydrogen) atoms. The summed E-state index contributed by atoms with van der Waals surface area (Å²) in [6.07, 6.45) is -8.48. The number of hydrogen-bond donors (Lipinski definition) is 1. The normalized spacial score (nSPS) is 12.2. The zero-order valence-corrected chi connectivity index (χ0v) is 7.65. The van der Waals surface area contributed by atoms with Gasteiger partial charge in [-0.05, 0) is 6.07 Å². The lowest BCUT2D eigenvalue weighted by Gasteiger charge is -2.12. The van der Waals surface area contributed by atoms with E-state index in [1.54, 1.807) is 0 Å². The highest BCUT2D eigenvalue weighted by atomic mass is 19.4. The molecule has 2 N–H and O–H groups in total. The molecule has 0 fully saturated rings. The first-order valence-electron chi connectivity index (χ1n) is 4.02. The van der Waals surface area contributed by atoms with E-state index < -0.39 is 41.9 Å². The average Bonchev–Trinajstić information content (AvgIpc) is 2.15. The topological polar surface area (TPSA) is 38.9 Å². The Hall–Kier alpha value is -1.31. The van der Waals surface area contributed by atoms with Crippen LogP contribution in [0.2, 0.25) is 0 Å². The molecule has 0 atom stereocenters. The van der Waals surface area contributed by atoms with Crippen molar-refractivity contribution in [1.29, 1.82) is 0 Å². The van der Waals surface area contributed by atoms with Gasteiger partial charge in [0.2, 0.25) is 0 Å². The zero-order valence-electron chi connectivity index (χ0n) is 7.65. The Balaban J connectivity index is 3.44. The van der Waals surface area contributed by atoms with Gasteiger partial charge in [-0.15, -0.1) is 0 Å². The summed E-state index contributed by atoms with van der Waals surface area (Å²) in [7, 11) is 0. The Labute approximate surface area is 86.1 Å². The van der Waals surface area contributed by atoms with Crippen molar-refractivity contribution < 1.29 is 26.3 Å². The molecule has 0 aliphatic carbocycles. The van der Waals surface area contributed by atoms with Crippen molar-refractivity contribution in [3.05, 3.63) is 28.8 Å². The lowest BCUT2D eigenvalue weighted by Crippen LogP contribution is -2.15. The van der Waals surface area contributed by atoms with E-state index in [0.717, 1.165) is 0 Å². The van der Waals surface area contributed by atoms with Crippen LogP contribution < -0.4 is 5.73 Å². The van der Waals surface area contributed by atoms with Crippen LogP contribution in [0.5, 0.6) is 0 Å². The van der Waals surface area contributed by atoms with Gasteiger partial charge in [0.15, 0.2) is 5.82 Å². The molecule has 90 valence electrons. The molecule has 0 spiro atoms. The summed E-state index contributed by atoms with van der Waals surface area (Å²) >= 11 is 0. The van der Waals surface area contributed by atoms with Gasteiger partial charge in [0.1, 0.15) is 5.69 Å². The van der Waals surface area contributed by atoms with E-state index in [4.69, 9.17) is 5.73 Å². The second-order valence-electron chi connectivity index (χ2n) is 2.86. The van der Waals surface area contributed by atoms with Gasteiger partial charge in [-0.3, -0.25) is 0 Å². The summed E-state index contributed by atoms with van der Waals surface area (Å²) in [5.41, 5.74) is 1.23. The van der Waals surface area contributed by atoms with Crippen LogP contribution in [-0.4, -0.2) is 4.98 Å². The number of hydrogen-bond acceptors (Lipinski definition) is 2. The van der Waals surface area contributed by atoms with E-state index >= 15 is 0 Å². The summed E-state index contributed by atoms with van der Waals surface area (Å²) in [5, 5.41) is 0. The Morgan fingerprint density at radius 3 is 2.25 bits per heavy atom. The van der Waals surface area contributed by atoms with E-state index in [1.807, 2.05) is 0 Å². The van der Waals surface area contributed by atoms with Crippen molar-refractivity contribution in [3.8, 4) is 0 Å². The highest BCUT2D eigenvalue weighted by Gasteiger charge is 2.37. The molecule has 0 unspecified atom stereocenters. The Morgan fingerprint density at radius 2 is 1.88 bits per heavy atom. The summed E-state index contributed by atoms with van der Waals surface area (Å²) in [6.45, 7) is -0.483. The zero-order chi connectivity index (χ0) is 12.5. The molecular weight excluding hydrogens is 238 g/mol. The summed E-state index contributed by atoms with van der Waals surface area (Å²) in [4.78, 5) is 3.01. The van der Waals surface area contributed by atoms with Crippen LogP contribution in [0.1, 0.15) is 23.4 Å². The number of nitrogens with zero attached hydrogens (tertiary/aromatic N) is 1. The lowest BCUT2D eigenvalue weighted by atomic mass is 10.1. The van der Waals surface area contributed by atoms with Crippen molar-refractivity contribution in [2.75, 3.05) is 0 Å². The summed E-state index contributed by atoms with van der Waals surface area (Å²) in [5.74, 6) is -2.06. The minimum absolute atomic E-state index is 0.321. The van der Waals surface area contributed by atoms with Crippen molar-refractivity contribution in [2.24, 2.45) is 5.73 Å². The van der Waals surface area contributed by atoms with Gasteiger partial charge >= 0.3 is 6.18 Å². The van der Waals surface area contributed by atoms with Gasteiger partial charge in [0.05, 0.1) is 11.3 Å². The average molecular weight is 244 g/mol. The molecule has 0 bridgehead atoms. The van der Waals surface area contributed by atoms with Crippen LogP contribution in [0, 0.1) is 5.82 Å². The van der Waals surface area contributed by atoms with Crippen molar-refractivity contribution >= 4 is 0 Å². The molecule has 2 nitrogen and oxygen atoms in total. The standard InChI is InChI=1S/C8H6F6N2/c9-5-4(8(12,13)14)1-3(2-15)16-6(5)7(10)11/h1,7H,2,15H2. The van der Waals surface area contributed by atoms with Gasteiger partial charge < -0.3 is 5.73 Å². The third-order valence-corrected chi connectivity index (χ3v) is 1.76. The second-order valence-corrected chi connectivity index (χ2v) is 2.86. The van der Waals surface area contributed by atoms with Crippen molar-refractivity contribution in [3.63, 3.8) is 0 Å². The predicted molar refractivity (Wildman–Crippen MR) is 42.0 cm³/mol. The number of pyridine rings is 1. The van der Waals surface area contributed by atoms with E-state index in [0.29, 0.717) is 6.07 Å². The Bertz CT molecular complexity index is 387. The number of rotatable bonds is 2. The third kappa shape index (κ3) is 2.43. The molecule has 1 rings (SSSR count). The Morgan fingerprint density at radius 1 is 1.31 bits per heavy atom.